The van der Waals surface area contributed by atoms with Gasteiger partial charge in [-0.15, -0.1) is 0 Å². The second-order valence-electron chi connectivity index (χ2n) is 7.70. The summed E-state index contributed by atoms with van der Waals surface area (Å²) in [6, 6.07) is 5.68. The molecule has 2 aromatic rings. The summed E-state index contributed by atoms with van der Waals surface area (Å²) < 4.78 is 0. The molecule has 1 saturated carbocycles. The van der Waals surface area contributed by atoms with Crippen LogP contribution in [0, 0.1) is 28.9 Å². The number of nitrogen functional groups attached to an aromatic ring is 1. The number of nitrogens with one attached hydrogen (secondary N) is 1. The largest absolute Gasteiger partial charge is 0.378 e. The molecular weight excluding hydrogens is 392 g/mol. The van der Waals surface area contributed by atoms with E-state index in [-0.39, 0.29) is 17.5 Å². The molecule has 8 nitrogen and oxygen atoms in total. The molecule has 0 amide bonds. The fraction of sp³-hybridized carbons (Fsp3) is 0.500. The molecule has 1 aliphatic rings. The highest BCUT2D eigenvalue weighted by Crippen LogP contribution is 2.34. The van der Waals surface area contributed by atoms with Gasteiger partial charge < -0.3 is 16.8 Å². The number of hydrogen-bond acceptors (Lipinski definition) is 7. The summed E-state index contributed by atoms with van der Waals surface area (Å²) in [6.45, 7) is 3.07. The van der Waals surface area contributed by atoms with Crippen LogP contribution in [0.5, 0.6) is 0 Å². The molecule has 0 aliphatic heterocycles. The molecular formula is C20H27ClN6O2. The van der Waals surface area contributed by atoms with Gasteiger partial charge in [0.25, 0.3) is 0 Å². The summed E-state index contributed by atoms with van der Waals surface area (Å²) in [5, 5.41) is 15.3. The quantitative estimate of drug-likeness (QED) is 0.459. The summed E-state index contributed by atoms with van der Waals surface area (Å²) in [7, 11) is 0. The third kappa shape index (κ3) is 5.13. The van der Waals surface area contributed by atoms with Crippen molar-refractivity contribution in [2.75, 3.05) is 17.6 Å². The zero-order valence-electron chi connectivity index (χ0n) is 16.5. The zero-order valence-corrected chi connectivity index (χ0v) is 17.3. The van der Waals surface area contributed by atoms with E-state index in [9.17, 15) is 10.1 Å². The van der Waals surface area contributed by atoms with Crippen LogP contribution in [0.4, 0.5) is 17.5 Å². The molecule has 1 aromatic heterocycles. The minimum atomic E-state index is -0.488. The van der Waals surface area contributed by atoms with E-state index in [4.69, 9.17) is 23.1 Å². The summed E-state index contributed by atoms with van der Waals surface area (Å²) in [5.41, 5.74) is 13.9. The standard InChI is InChI=1S/C20H27ClN6O2/c1-12-3-2-4-16(21)15(12)11-24-20-25-17(18(27(28)29)19(23)26-20)9-13-5-7-14(10-22)8-6-13/h2-4,13-14H,5-11,22H2,1H3,(H3,23,24,25,26). The number of halogens is 1. The Balaban J connectivity index is 1.80. The van der Waals surface area contributed by atoms with Crippen molar-refractivity contribution in [3.8, 4) is 0 Å². The lowest BCUT2D eigenvalue weighted by atomic mass is 9.80. The number of anilines is 2. The third-order valence-corrected chi connectivity index (χ3v) is 6.08. The molecule has 1 aromatic carbocycles. The lowest BCUT2D eigenvalue weighted by Crippen LogP contribution is -2.23. The first-order valence-electron chi connectivity index (χ1n) is 9.87. The minimum absolute atomic E-state index is 0.117. The normalized spacial score (nSPS) is 19.1. The Hall–Kier alpha value is -2.45. The maximum absolute atomic E-state index is 11.6. The Bertz CT molecular complexity index is 863. The van der Waals surface area contributed by atoms with Crippen molar-refractivity contribution in [2.45, 2.75) is 45.6 Å². The van der Waals surface area contributed by atoms with Crippen LogP contribution >= 0.6 is 11.6 Å². The van der Waals surface area contributed by atoms with Crippen LogP contribution in [0.15, 0.2) is 18.2 Å². The van der Waals surface area contributed by atoms with Gasteiger partial charge in [-0.25, -0.2) is 4.98 Å². The molecule has 1 fully saturated rings. The summed E-state index contributed by atoms with van der Waals surface area (Å²) in [4.78, 5) is 19.6. The maximum Gasteiger partial charge on any atom is 0.332 e. The van der Waals surface area contributed by atoms with E-state index in [1.807, 2.05) is 25.1 Å². The molecule has 0 bridgehead atoms. The smallest absolute Gasteiger partial charge is 0.332 e. The summed E-state index contributed by atoms with van der Waals surface area (Å²) >= 11 is 6.27. The molecule has 9 heteroatoms. The van der Waals surface area contributed by atoms with Crippen molar-refractivity contribution in [2.24, 2.45) is 17.6 Å². The van der Waals surface area contributed by atoms with Crippen molar-refractivity contribution in [1.29, 1.82) is 0 Å². The van der Waals surface area contributed by atoms with Crippen LogP contribution in [-0.2, 0) is 13.0 Å². The van der Waals surface area contributed by atoms with Gasteiger partial charge in [0.15, 0.2) is 0 Å². The van der Waals surface area contributed by atoms with E-state index in [0.717, 1.165) is 36.8 Å². The number of aromatic nitrogens is 2. The van der Waals surface area contributed by atoms with E-state index in [2.05, 4.69) is 15.3 Å². The third-order valence-electron chi connectivity index (χ3n) is 5.72. The number of aryl methyl sites for hydroxylation is 1. The van der Waals surface area contributed by atoms with Gasteiger partial charge in [0, 0.05) is 11.6 Å². The highest BCUT2D eigenvalue weighted by Gasteiger charge is 2.27. The second kappa shape index (κ2) is 9.37. The first-order chi connectivity index (χ1) is 13.9. The van der Waals surface area contributed by atoms with Crippen molar-refractivity contribution in [3.63, 3.8) is 0 Å². The van der Waals surface area contributed by atoms with E-state index in [0.29, 0.717) is 42.1 Å². The van der Waals surface area contributed by atoms with Gasteiger partial charge in [0.2, 0.25) is 11.8 Å². The minimum Gasteiger partial charge on any atom is -0.378 e. The Morgan fingerprint density at radius 1 is 1.24 bits per heavy atom. The van der Waals surface area contributed by atoms with Gasteiger partial charge in [0.1, 0.15) is 5.69 Å². The highest BCUT2D eigenvalue weighted by molar-refractivity contribution is 6.31. The number of benzene rings is 1. The average molecular weight is 419 g/mol. The molecule has 29 heavy (non-hydrogen) atoms. The highest BCUT2D eigenvalue weighted by atomic mass is 35.5. The fourth-order valence-corrected chi connectivity index (χ4v) is 4.23. The summed E-state index contributed by atoms with van der Waals surface area (Å²) in [6.07, 6.45) is 4.59. The topological polar surface area (TPSA) is 133 Å². The first-order valence-corrected chi connectivity index (χ1v) is 10.3. The molecule has 156 valence electrons. The van der Waals surface area contributed by atoms with Crippen LogP contribution in [0.1, 0.15) is 42.5 Å². The molecule has 1 aliphatic carbocycles. The van der Waals surface area contributed by atoms with Gasteiger partial charge in [-0.05, 0) is 74.6 Å². The maximum atomic E-state index is 11.6. The van der Waals surface area contributed by atoms with Gasteiger partial charge in [-0.1, -0.05) is 23.7 Å². The molecule has 0 spiro atoms. The SMILES string of the molecule is Cc1cccc(Cl)c1CNc1nc(N)c([N+](=O)[O-])c(CC2CCC(CN)CC2)n1. The van der Waals surface area contributed by atoms with Gasteiger partial charge in [-0.3, -0.25) is 10.1 Å². The predicted molar refractivity (Wildman–Crippen MR) is 115 cm³/mol. The van der Waals surface area contributed by atoms with Crippen molar-refractivity contribution in [1.82, 2.24) is 9.97 Å². The van der Waals surface area contributed by atoms with Crippen molar-refractivity contribution < 1.29 is 4.92 Å². The van der Waals surface area contributed by atoms with E-state index >= 15 is 0 Å². The Morgan fingerprint density at radius 3 is 2.55 bits per heavy atom. The molecule has 3 rings (SSSR count). The number of nitrogens with two attached hydrogens (primary N) is 2. The van der Waals surface area contributed by atoms with Crippen LogP contribution in [0.25, 0.3) is 0 Å². The molecule has 5 N–H and O–H groups in total. The van der Waals surface area contributed by atoms with E-state index in [1.165, 1.54) is 0 Å². The number of nitrogens with zero attached hydrogens (tertiary/aromatic N) is 3. The lowest BCUT2D eigenvalue weighted by molar-refractivity contribution is -0.385. The predicted octanol–water partition coefficient (Wildman–Crippen LogP) is 3.85. The second-order valence-corrected chi connectivity index (χ2v) is 8.11. The molecule has 0 saturated heterocycles. The fourth-order valence-electron chi connectivity index (χ4n) is 3.94. The average Bonchev–Trinajstić information content (AvgIpc) is 2.67. The zero-order chi connectivity index (χ0) is 21.0. The van der Waals surface area contributed by atoms with Crippen molar-refractivity contribution >= 4 is 29.1 Å². The van der Waals surface area contributed by atoms with Gasteiger partial charge >= 0.3 is 5.69 Å². The first kappa shape index (κ1) is 21.3. The lowest BCUT2D eigenvalue weighted by Gasteiger charge is -2.27. The monoisotopic (exact) mass is 418 g/mol. The molecule has 1 heterocycles. The Kier molecular flexibility index (Phi) is 6.87. The van der Waals surface area contributed by atoms with Crippen LogP contribution in [0.2, 0.25) is 5.02 Å². The Labute approximate surface area is 175 Å². The Morgan fingerprint density at radius 2 is 1.93 bits per heavy atom. The number of rotatable bonds is 7. The van der Waals surface area contributed by atoms with Crippen molar-refractivity contribution in [3.05, 3.63) is 50.2 Å². The number of nitro groups is 1. The molecule has 0 unspecified atom stereocenters. The van der Waals surface area contributed by atoms with Crippen LogP contribution in [0.3, 0.4) is 0 Å². The van der Waals surface area contributed by atoms with Crippen LogP contribution in [-0.4, -0.2) is 21.4 Å². The van der Waals surface area contributed by atoms with Gasteiger partial charge in [0.05, 0.1) is 4.92 Å². The van der Waals surface area contributed by atoms with E-state index in [1.54, 1.807) is 0 Å². The van der Waals surface area contributed by atoms with E-state index < -0.39 is 4.92 Å². The molecule has 0 atom stereocenters. The molecule has 0 radical (unpaired) electrons. The van der Waals surface area contributed by atoms with Crippen LogP contribution < -0.4 is 16.8 Å². The summed E-state index contributed by atoms with van der Waals surface area (Å²) in [5.74, 6) is 1.05. The number of hydrogen-bond donors (Lipinski definition) is 3. The van der Waals surface area contributed by atoms with Gasteiger partial charge in [-0.2, -0.15) is 4.98 Å².